The molecule has 1 fully saturated rings. The number of likely N-dealkylation sites (tertiary alicyclic amines) is 1. The number of amides is 2. The number of carbonyl (C=O) groups excluding carboxylic acids is 2. The maximum atomic E-state index is 11.9. The maximum absolute atomic E-state index is 11.9. The fourth-order valence-electron chi connectivity index (χ4n) is 2.57. The molecule has 1 aliphatic rings. The van der Waals surface area contributed by atoms with Crippen LogP contribution in [-0.2, 0) is 4.74 Å². The first-order valence-corrected chi connectivity index (χ1v) is 8.46. The summed E-state index contributed by atoms with van der Waals surface area (Å²) in [4.78, 5) is 29.6. The molecule has 0 radical (unpaired) electrons. The average molecular weight is 334 g/mol. The van der Waals surface area contributed by atoms with Crippen LogP contribution in [0.25, 0.3) is 0 Å². The summed E-state index contributed by atoms with van der Waals surface area (Å²) < 4.78 is 5.22. The van der Waals surface area contributed by atoms with Crippen molar-refractivity contribution in [2.24, 2.45) is 0 Å². The monoisotopic (exact) mass is 334 g/mol. The lowest BCUT2D eigenvalue weighted by atomic mass is 10.1. The second-order valence-corrected chi connectivity index (χ2v) is 6.13. The van der Waals surface area contributed by atoms with Crippen LogP contribution in [0.3, 0.4) is 0 Å². The Bertz CT molecular complexity index is 551. The number of anilines is 1. The maximum Gasteiger partial charge on any atom is 0.410 e. The van der Waals surface area contributed by atoms with E-state index in [9.17, 15) is 9.59 Å². The van der Waals surface area contributed by atoms with Crippen LogP contribution in [0.15, 0.2) is 18.3 Å². The van der Waals surface area contributed by atoms with E-state index in [0.717, 1.165) is 18.7 Å². The molecule has 1 aromatic heterocycles. The Hall–Kier alpha value is -2.31. The highest BCUT2D eigenvalue weighted by Crippen LogP contribution is 2.16. The van der Waals surface area contributed by atoms with Gasteiger partial charge in [-0.25, -0.2) is 9.78 Å². The quantitative estimate of drug-likeness (QED) is 0.863. The molecular formula is C17H26N4O3. The normalized spacial score (nSPS) is 15.2. The average Bonchev–Trinajstić information content (AvgIpc) is 2.56. The van der Waals surface area contributed by atoms with Crippen LogP contribution >= 0.6 is 0 Å². The van der Waals surface area contributed by atoms with Gasteiger partial charge in [0.2, 0.25) is 0 Å². The summed E-state index contributed by atoms with van der Waals surface area (Å²) in [5, 5.41) is 6.10. The lowest BCUT2D eigenvalue weighted by Gasteiger charge is -2.32. The van der Waals surface area contributed by atoms with Crippen molar-refractivity contribution >= 4 is 17.8 Å². The number of carbonyl (C=O) groups is 2. The Morgan fingerprint density at radius 3 is 2.58 bits per heavy atom. The summed E-state index contributed by atoms with van der Waals surface area (Å²) in [6.45, 7) is 7.51. The molecule has 0 spiro atoms. The number of hydrogen-bond acceptors (Lipinski definition) is 5. The summed E-state index contributed by atoms with van der Waals surface area (Å²) in [6, 6.07) is 3.83. The predicted molar refractivity (Wildman–Crippen MR) is 92.1 cm³/mol. The molecule has 0 saturated carbocycles. The number of nitrogens with one attached hydrogen (secondary N) is 2. The van der Waals surface area contributed by atoms with Gasteiger partial charge in [-0.15, -0.1) is 0 Å². The Labute approximate surface area is 142 Å². The molecule has 0 unspecified atom stereocenters. The van der Waals surface area contributed by atoms with E-state index in [-0.39, 0.29) is 24.1 Å². The number of pyridine rings is 1. The topological polar surface area (TPSA) is 83.6 Å². The van der Waals surface area contributed by atoms with Crippen molar-refractivity contribution in [1.82, 2.24) is 15.2 Å². The standard InChI is InChI=1S/C17H26N4O3/c1-4-18-16(22)13-5-6-15(19-11-13)20-14-7-9-21(10-8-14)17(23)24-12(2)3/h5-6,11-12,14H,4,7-10H2,1-3H3,(H,18,22)(H,19,20). The fraction of sp³-hybridized carbons (Fsp3) is 0.588. The van der Waals surface area contributed by atoms with Crippen LogP contribution in [0.5, 0.6) is 0 Å². The zero-order valence-electron chi connectivity index (χ0n) is 14.5. The van der Waals surface area contributed by atoms with Crippen molar-refractivity contribution in [2.45, 2.75) is 45.8 Å². The first-order valence-electron chi connectivity index (χ1n) is 8.46. The lowest BCUT2D eigenvalue weighted by Crippen LogP contribution is -2.43. The third-order valence-corrected chi connectivity index (χ3v) is 3.80. The van der Waals surface area contributed by atoms with Gasteiger partial charge in [0.1, 0.15) is 5.82 Å². The summed E-state index contributed by atoms with van der Waals surface area (Å²) in [5.41, 5.74) is 0.550. The summed E-state index contributed by atoms with van der Waals surface area (Å²) in [6.07, 6.45) is 2.91. The molecule has 1 saturated heterocycles. The fourth-order valence-corrected chi connectivity index (χ4v) is 2.57. The van der Waals surface area contributed by atoms with Gasteiger partial charge in [0.25, 0.3) is 5.91 Å². The third-order valence-electron chi connectivity index (χ3n) is 3.80. The molecule has 1 aromatic rings. The van der Waals surface area contributed by atoms with Crippen molar-refractivity contribution in [3.8, 4) is 0 Å². The van der Waals surface area contributed by atoms with Gasteiger partial charge < -0.3 is 20.3 Å². The van der Waals surface area contributed by atoms with E-state index in [0.29, 0.717) is 25.2 Å². The second-order valence-electron chi connectivity index (χ2n) is 6.13. The van der Waals surface area contributed by atoms with Crippen LogP contribution in [-0.4, -0.2) is 53.7 Å². The van der Waals surface area contributed by atoms with Gasteiger partial charge in [0.05, 0.1) is 11.7 Å². The summed E-state index contributed by atoms with van der Waals surface area (Å²) >= 11 is 0. The molecule has 2 amide bonds. The minimum Gasteiger partial charge on any atom is -0.447 e. The summed E-state index contributed by atoms with van der Waals surface area (Å²) in [7, 11) is 0. The van der Waals surface area contributed by atoms with Gasteiger partial charge >= 0.3 is 6.09 Å². The van der Waals surface area contributed by atoms with E-state index in [1.807, 2.05) is 26.8 Å². The smallest absolute Gasteiger partial charge is 0.410 e. The van der Waals surface area contributed by atoms with Crippen LogP contribution in [0.4, 0.5) is 10.6 Å². The van der Waals surface area contributed by atoms with Gasteiger partial charge in [-0.05, 0) is 45.7 Å². The Balaban J connectivity index is 1.81. The molecule has 0 aliphatic carbocycles. The largest absolute Gasteiger partial charge is 0.447 e. The van der Waals surface area contributed by atoms with Crippen LogP contribution in [0.1, 0.15) is 44.0 Å². The van der Waals surface area contributed by atoms with Crippen LogP contribution in [0, 0.1) is 0 Å². The zero-order valence-corrected chi connectivity index (χ0v) is 14.5. The molecule has 7 nitrogen and oxygen atoms in total. The molecular weight excluding hydrogens is 308 g/mol. The highest BCUT2D eigenvalue weighted by atomic mass is 16.6. The van der Waals surface area contributed by atoms with Crippen LogP contribution in [0.2, 0.25) is 0 Å². The first-order chi connectivity index (χ1) is 11.5. The van der Waals surface area contributed by atoms with Gasteiger partial charge in [-0.1, -0.05) is 0 Å². The van der Waals surface area contributed by atoms with Gasteiger partial charge in [0, 0.05) is 31.9 Å². The molecule has 2 heterocycles. The molecule has 2 rings (SSSR count). The molecule has 24 heavy (non-hydrogen) atoms. The van der Waals surface area contributed by atoms with E-state index in [1.54, 1.807) is 17.2 Å². The zero-order chi connectivity index (χ0) is 17.5. The van der Waals surface area contributed by atoms with Crippen molar-refractivity contribution in [1.29, 1.82) is 0 Å². The van der Waals surface area contributed by atoms with Crippen molar-refractivity contribution in [3.05, 3.63) is 23.9 Å². The van der Waals surface area contributed by atoms with E-state index in [2.05, 4.69) is 15.6 Å². The number of aromatic nitrogens is 1. The molecule has 0 atom stereocenters. The number of piperidine rings is 1. The number of hydrogen-bond donors (Lipinski definition) is 2. The highest BCUT2D eigenvalue weighted by Gasteiger charge is 2.24. The van der Waals surface area contributed by atoms with Gasteiger partial charge in [-0.2, -0.15) is 0 Å². The van der Waals surface area contributed by atoms with Crippen molar-refractivity contribution in [3.63, 3.8) is 0 Å². The van der Waals surface area contributed by atoms with Gasteiger partial charge in [-0.3, -0.25) is 4.79 Å². The van der Waals surface area contributed by atoms with Crippen molar-refractivity contribution in [2.75, 3.05) is 25.0 Å². The SMILES string of the molecule is CCNC(=O)c1ccc(NC2CCN(C(=O)OC(C)C)CC2)nc1. The minimum atomic E-state index is -0.243. The highest BCUT2D eigenvalue weighted by molar-refractivity contribution is 5.93. The molecule has 0 aromatic carbocycles. The Kier molecular flexibility index (Phi) is 6.40. The Morgan fingerprint density at radius 1 is 1.33 bits per heavy atom. The van der Waals surface area contributed by atoms with Crippen molar-refractivity contribution < 1.29 is 14.3 Å². The minimum absolute atomic E-state index is 0.0963. The number of ether oxygens (including phenoxy) is 1. The lowest BCUT2D eigenvalue weighted by molar-refractivity contribution is 0.0701. The molecule has 1 aliphatic heterocycles. The van der Waals surface area contributed by atoms with E-state index in [1.165, 1.54) is 0 Å². The van der Waals surface area contributed by atoms with E-state index < -0.39 is 0 Å². The molecule has 7 heteroatoms. The molecule has 0 bridgehead atoms. The second kappa shape index (κ2) is 8.52. The third kappa shape index (κ3) is 5.11. The first kappa shape index (κ1) is 18.0. The number of rotatable bonds is 5. The molecule has 132 valence electrons. The summed E-state index contributed by atoms with van der Waals surface area (Å²) in [5.74, 6) is 0.625. The molecule has 2 N–H and O–H groups in total. The van der Waals surface area contributed by atoms with Crippen LogP contribution < -0.4 is 10.6 Å². The number of nitrogens with zero attached hydrogens (tertiary/aromatic N) is 2. The van der Waals surface area contributed by atoms with E-state index in [4.69, 9.17) is 4.74 Å². The van der Waals surface area contributed by atoms with E-state index >= 15 is 0 Å². The Morgan fingerprint density at radius 2 is 2.04 bits per heavy atom. The predicted octanol–water partition coefficient (Wildman–Crippen LogP) is 2.25. The van der Waals surface area contributed by atoms with Gasteiger partial charge in [0.15, 0.2) is 0 Å².